The van der Waals surface area contributed by atoms with Crippen LogP contribution in [0.25, 0.3) is 20.2 Å². The van der Waals surface area contributed by atoms with Gasteiger partial charge in [-0.1, -0.05) is 12.1 Å². The highest BCUT2D eigenvalue weighted by Crippen LogP contribution is 2.33. The summed E-state index contributed by atoms with van der Waals surface area (Å²) in [5.74, 6) is -0.0335. The minimum atomic E-state index is -0.761. The maximum absolute atomic E-state index is 12.9. The zero-order valence-electron chi connectivity index (χ0n) is 14.8. The molecule has 0 unspecified atom stereocenters. The van der Waals surface area contributed by atoms with Crippen LogP contribution in [0.2, 0.25) is 0 Å². The van der Waals surface area contributed by atoms with Crippen molar-refractivity contribution in [3.05, 3.63) is 51.7 Å². The van der Waals surface area contributed by atoms with Crippen LogP contribution >= 0.6 is 11.3 Å². The number of rotatable bonds is 6. The highest BCUT2D eigenvalue weighted by molar-refractivity contribution is 7.24. The number of unbranched alkanes of at least 4 members (excludes halogenated alkanes) is 1. The van der Waals surface area contributed by atoms with Crippen molar-refractivity contribution in [3.8, 4) is 5.75 Å². The summed E-state index contributed by atoms with van der Waals surface area (Å²) in [5, 5.41) is 1.44. The normalized spacial score (nSPS) is 11.0. The van der Waals surface area contributed by atoms with Crippen molar-refractivity contribution < 1.29 is 14.3 Å². The Labute approximate surface area is 157 Å². The molecular formula is C20H19BO4S. The second kappa shape index (κ2) is 7.91. The van der Waals surface area contributed by atoms with Crippen LogP contribution in [0.4, 0.5) is 4.79 Å². The fourth-order valence-corrected chi connectivity index (χ4v) is 4.07. The smallest absolute Gasteiger partial charge is 0.235 e. The van der Waals surface area contributed by atoms with E-state index in [0.29, 0.717) is 18.4 Å². The highest BCUT2D eigenvalue weighted by Gasteiger charge is 2.13. The average Bonchev–Trinajstić information content (AvgIpc) is 2.62. The predicted octanol–water partition coefficient (Wildman–Crippen LogP) is 4.50. The first-order chi connectivity index (χ1) is 12.5. The monoisotopic (exact) mass is 366 g/mol. The Kier molecular flexibility index (Phi) is 5.62. The summed E-state index contributed by atoms with van der Waals surface area (Å²) in [6, 6.07) is 9.53. The Morgan fingerprint density at radius 2 is 1.81 bits per heavy atom. The van der Waals surface area contributed by atoms with Crippen molar-refractivity contribution in [2.24, 2.45) is 0 Å². The third-order valence-corrected chi connectivity index (χ3v) is 5.73. The van der Waals surface area contributed by atoms with Crippen LogP contribution in [0.5, 0.6) is 5.75 Å². The topological polar surface area (TPSA) is 52.6 Å². The number of hydrogen-bond donors (Lipinski definition) is 0. The molecule has 2 radical (unpaired) electrons. The maximum Gasteiger partial charge on any atom is 0.235 e. The molecule has 0 amide bonds. The summed E-state index contributed by atoms with van der Waals surface area (Å²) in [4.78, 5) is 23.4. The van der Waals surface area contributed by atoms with Crippen molar-refractivity contribution in [3.63, 3.8) is 0 Å². The van der Waals surface area contributed by atoms with Gasteiger partial charge in [-0.2, -0.15) is 0 Å². The van der Waals surface area contributed by atoms with Crippen LogP contribution in [0.1, 0.15) is 24.0 Å². The Balaban J connectivity index is 1.86. The molecule has 0 N–H and O–H groups in total. The van der Waals surface area contributed by atoms with Gasteiger partial charge in [0, 0.05) is 20.2 Å². The minimum Gasteiger partial charge on any atom is -0.493 e. The summed E-state index contributed by atoms with van der Waals surface area (Å²) in [7, 11) is 4.92. The lowest BCUT2D eigenvalue weighted by molar-refractivity contribution is 0.167. The third-order valence-electron chi connectivity index (χ3n) is 4.42. The molecule has 0 spiro atoms. The van der Waals surface area contributed by atoms with E-state index in [2.05, 4.69) is 0 Å². The summed E-state index contributed by atoms with van der Waals surface area (Å²) < 4.78 is 12.6. The van der Waals surface area contributed by atoms with E-state index in [4.69, 9.17) is 17.3 Å². The van der Waals surface area contributed by atoms with Crippen LogP contribution in [0.15, 0.2) is 35.1 Å². The molecule has 1 heterocycles. The van der Waals surface area contributed by atoms with Gasteiger partial charge < -0.3 is 9.47 Å². The van der Waals surface area contributed by atoms with Gasteiger partial charge in [-0.05, 0) is 56.0 Å². The highest BCUT2D eigenvalue weighted by atomic mass is 32.1. The first-order valence-electron chi connectivity index (χ1n) is 8.50. The Morgan fingerprint density at radius 3 is 2.58 bits per heavy atom. The van der Waals surface area contributed by atoms with Crippen molar-refractivity contribution >= 4 is 45.2 Å². The molecule has 132 valence electrons. The van der Waals surface area contributed by atoms with Crippen LogP contribution in [-0.2, 0) is 4.74 Å². The lowest BCUT2D eigenvalue weighted by atomic mass is 10.1. The quantitative estimate of drug-likeness (QED) is 0.366. The van der Waals surface area contributed by atoms with Gasteiger partial charge in [0.15, 0.2) is 5.43 Å². The van der Waals surface area contributed by atoms with Crippen LogP contribution in [-0.4, -0.2) is 26.9 Å². The standard InChI is InChI=1S/C20H19BO4S/c1-12-13(2)19-15(18(22)14-7-3-4-8-17(14)26-19)11-16(12)24-9-5-6-10-25-20(21)23/h3-4,7-8,11H,5-6,9-10H2,1-2H3. The number of hydrogen-bond acceptors (Lipinski definition) is 5. The van der Waals surface area contributed by atoms with Gasteiger partial charge in [0.1, 0.15) is 5.75 Å². The van der Waals surface area contributed by atoms with Crippen molar-refractivity contribution in [2.75, 3.05) is 13.2 Å². The molecule has 3 aromatic rings. The van der Waals surface area contributed by atoms with E-state index in [0.717, 1.165) is 38.1 Å². The summed E-state index contributed by atoms with van der Waals surface area (Å²) in [6.45, 7) is 4.80. The number of fused-ring (bicyclic) bond motifs is 2. The molecule has 3 rings (SSSR count). The Hall–Kier alpha value is -2.34. The number of aryl methyl sites for hydroxylation is 1. The second-order valence-corrected chi connectivity index (χ2v) is 7.20. The van der Waals surface area contributed by atoms with Gasteiger partial charge in [-0.15, -0.1) is 11.3 Å². The number of ether oxygens (including phenoxy) is 2. The zero-order chi connectivity index (χ0) is 18.7. The Bertz CT molecular complexity index is 1030. The zero-order valence-corrected chi connectivity index (χ0v) is 15.7. The van der Waals surface area contributed by atoms with E-state index in [1.54, 1.807) is 11.3 Å². The maximum atomic E-state index is 12.9. The van der Waals surface area contributed by atoms with E-state index in [-0.39, 0.29) is 12.0 Å². The lowest BCUT2D eigenvalue weighted by Crippen LogP contribution is -2.07. The fourth-order valence-electron chi connectivity index (χ4n) is 2.87. The van der Waals surface area contributed by atoms with E-state index < -0.39 is 5.87 Å². The molecule has 0 saturated heterocycles. The summed E-state index contributed by atoms with van der Waals surface area (Å²) >= 11 is 1.64. The molecule has 0 aliphatic rings. The Morgan fingerprint density at radius 1 is 1.08 bits per heavy atom. The molecule has 4 nitrogen and oxygen atoms in total. The van der Waals surface area contributed by atoms with E-state index in [1.165, 1.54) is 0 Å². The molecule has 0 aliphatic heterocycles. The number of carbonyl (C=O) groups excluding carboxylic acids is 1. The first kappa shape index (κ1) is 18.5. The van der Waals surface area contributed by atoms with E-state index in [1.807, 2.05) is 44.2 Å². The SMILES string of the molecule is [B]C(=O)OCCCCOc1cc2c(=O)c3ccccc3sc2c(C)c1C. The molecule has 26 heavy (non-hydrogen) atoms. The van der Waals surface area contributed by atoms with Gasteiger partial charge in [-0.3, -0.25) is 9.59 Å². The summed E-state index contributed by atoms with van der Waals surface area (Å²) in [5.41, 5.74) is 2.15. The molecule has 0 saturated carbocycles. The molecule has 0 bridgehead atoms. The van der Waals surface area contributed by atoms with Crippen LogP contribution in [0.3, 0.4) is 0 Å². The predicted molar refractivity (Wildman–Crippen MR) is 107 cm³/mol. The van der Waals surface area contributed by atoms with Crippen LogP contribution in [0, 0.1) is 13.8 Å². The van der Waals surface area contributed by atoms with Gasteiger partial charge in [0.2, 0.25) is 13.7 Å². The lowest BCUT2D eigenvalue weighted by Gasteiger charge is -2.14. The molecular weight excluding hydrogens is 347 g/mol. The van der Waals surface area contributed by atoms with Gasteiger partial charge in [0.25, 0.3) is 0 Å². The molecule has 0 aliphatic carbocycles. The molecule has 0 atom stereocenters. The van der Waals surface area contributed by atoms with Gasteiger partial charge in [0.05, 0.1) is 13.2 Å². The van der Waals surface area contributed by atoms with E-state index >= 15 is 0 Å². The fraction of sp³-hybridized carbons (Fsp3) is 0.300. The van der Waals surface area contributed by atoms with Crippen LogP contribution < -0.4 is 10.2 Å². The van der Waals surface area contributed by atoms with Crippen molar-refractivity contribution in [2.45, 2.75) is 26.7 Å². The number of carbonyl (C=O) groups is 1. The average molecular weight is 366 g/mol. The molecule has 6 heteroatoms. The van der Waals surface area contributed by atoms with Crippen molar-refractivity contribution in [1.82, 2.24) is 0 Å². The molecule has 1 aromatic heterocycles. The first-order valence-corrected chi connectivity index (χ1v) is 9.31. The minimum absolute atomic E-state index is 0.0390. The second-order valence-electron chi connectivity index (χ2n) is 6.15. The number of benzene rings is 2. The molecule has 2 aromatic carbocycles. The molecule has 0 fully saturated rings. The van der Waals surface area contributed by atoms with Gasteiger partial charge >= 0.3 is 0 Å². The van der Waals surface area contributed by atoms with Gasteiger partial charge in [-0.25, -0.2) is 0 Å². The van der Waals surface area contributed by atoms with E-state index in [9.17, 15) is 9.59 Å². The summed E-state index contributed by atoms with van der Waals surface area (Å²) in [6.07, 6.45) is 1.41. The van der Waals surface area contributed by atoms with Crippen molar-refractivity contribution in [1.29, 1.82) is 0 Å². The third kappa shape index (κ3) is 3.75. The largest absolute Gasteiger partial charge is 0.493 e.